The van der Waals surface area contributed by atoms with Crippen LogP contribution in [0.15, 0.2) is 70.2 Å². The minimum absolute atomic E-state index is 0.179. The minimum atomic E-state index is -3.62. The van der Waals surface area contributed by atoms with Crippen LogP contribution in [0.4, 0.5) is 5.69 Å². The van der Waals surface area contributed by atoms with E-state index in [1.54, 1.807) is 59.5 Å². The van der Waals surface area contributed by atoms with Crippen molar-refractivity contribution in [2.45, 2.75) is 25.2 Å². The van der Waals surface area contributed by atoms with E-state index < -0.39 is 15.9 Å². The average molecular weight is 482 g/mol. The van der Waals surface area contributed by atoms with Crippen molar-refractivity contribution in [3.63, 3.8) is 0 Å². The first-order valence-electron chi connectivity index (χ1n) is 11.1. The van der Waals surface area contributed by atoms with Crippen LogP contribution in [-0.2, 0) is 10.0 Å². The van der Waals surface area contributed by atoms with Crippen molar-refractivity contribution < 1.29 is 22.4 Å². The van der Waals surface area contributed by atoms with Crippen LogP contribution < -0.4 is 5.32 Å². The number of sulfonamides is 1. The summed E-state index contributed by atoms with van der Waals surface area (Å²) < 4.78 is 32.7. The monoisotopic (exact) mass is 481 g/mol. The summed E-state index contributed by atoms with van der Waals surface area (Å²) in [6.45, 7) is 5.04. The molecule has 1 aliphatic rings. The molecule has 1 aliphatic heterocycles. The largest absolute Gasteiger partial charge is 0.459 e. The van der Waals surface area contributed by atoms with E-state index >= 15 is 0 Å². The van der Waals surface area contributed by atoms with Crippen LogP contribution in [0.25, 0.3) is 0 Å². The number of rotatable bonds is 5. The molecule has 1 N–H and O–H groups in total. The summed E-state index contributed by atoms with van der Waals surface area (Å²) >= 11 is 0. The van der Waals surface area contributed by atoms with Gasteiger partial charge in [-0.05, 0) is 62.2 Å². The Bertz CT molecular complexity index is 1280. The van der Waals surface area contributed by atoms with Gasteiger partial charge < -0.3 is 14.6 Å². The number of hydrogen-bond donors (Lipinski definition) is 1. The zero-order chi connectivity index (χ0) is 24.3. The third kappa shape index (κ3) is 5.05. The van der Waals surface area contributed by atoms with Gasteiger partial charge in [-0.3, -0.25) is 9.59 Å². The van der Waals surface area contributed by atoms with Crippen LogP contribution in [0.5, 0.6) is 0 Å². The Morgan fingerprint density at radius 1 is 0.941 bits per heavy atom. The van der Waals surface area contributed by atoms with Crippen molar-refractivity contribution in [2.24, 2.45) is 0 Å². The third-order valence-electron chi connectivity index (χ3n) is 5.88. The number of amides is 2. The molecule has 3 aromatic rings. The Balaban J connectivity index is 1.46. The Morgan fingerprint density at radius 3 is 2.41 bits per heavy atom. The third-order valence-corrected chi connectivity index (χ3v) is 7.79. The maximum atomic E-state index is 13.2. The predicted molar refractivity (Wildman–Crippen MR) is 128 cm³/mol. The zero-order valence-electron chi connectivity index (χ0n) is 19.2. The number of nitrogens with one attached hydrogen (secondary N) is 1. The number of anilines is 1. The molecule has 1 fully saturated rings. The van der Waals surface area contributed by atoms with Gasteiger partial charge in [0.25, 0.3) is 11.8 Å². The summed E-state index contributed by atoms with van der Waals surface area (Å²) in [5.74, 6) is -0.425. The van der Waals surface area contributed by atoms with Gasteiger partial charge in [-0.2, -0.15) is 4.31 Å². The van der Waals surface area contributed by atoms with Gasteiger partial charge in [-0.25, -0.2) is 8.42 Å². The lowest BCUT2D eigenvalue weighted by Crippen LogP contribution is -2.37. The van der Waals surface area contributed by atoms with Gasteiger partial charge in [0.1, 0.15) is 0 Å². The smallest absolute Gasteiger partial charge is 0.291 e. The first kappa shape index (κ1) is 23.7. The van der Waals surface area contributed by atoms with Gasteiger partial charge in [0.2, 0.25) is 10.0 Å². The Kier molecular flexibility index (Phi) is 6.85. The van der Waals surface area contributed by atoms with E-state index in [4.69, 9.17) is 4.42 Å². The van der Waals surface area contributed by atoms with Crippen LogP contribution in [0.3, 0.4) is 0 Å². The van der Waals surface area contributed by atoms with Crippen molar-refractivity contribution >= 4 is 27.5 Å². The van der Waals surface area contributed by atoms with Crippen LogP contribution in [0.1, 0.15) is 38.5 Å². The summed E-state index contributed by atoms with van der Waals surface area (Å²) in [7, 11) is -3.62. The SMILES string of the molecule is Cc1ccc(S(=O)(=O)N2CCCN(C(=O)c3ccc(C)c(NC(=O)c4ccco4)c3)CC2)cc1. The highest BCUT2D eigenvalue weighted by atomic mass is 32.2. The molecule has 1 aromatic heterocycles. The topological polar surface area (TPSA) is 99.9 Å². The maximum absolute atomic E-state index is 13.2. The molecule has 0 unspecified atom stereocenters. The lowest BCUT2D eigenvalue weighted by atomic mass is 10.1. The van der Waals surface area contributed by atoms with Crippen LogP contribution >= 0.6 is 0 Å². The Labute approximate surface area is 199 Å². The zero-order valence-corrected chi connectivity index (χ0v) is 20.0. The van der Waals surface area contributed by atoms with Crippen molar-refractivity contribution in [2.75, 3.05) is 31.5 Å². The summed E-state index contributed by atoms with van der Waals surface area (Å²) in [6, 6.07) is 15.1. The van der Waals surface area contributed by atoms with E-state index in [1.165, 1.54) is 10.6 Å². The molecule has 2 heterocycles. The molecule has 0 atom stereocenters. The number of benzene rings is 2. The second kappa shape index (κ2) is 9.82. The number of furan rings is 1. The fourth-order valence-electron chi connectivity index (χ4n) is 3.86. The molecule has 0 bridgehead atoms. The molecule has 1 saturated heterocycles. The molecule has 0 aliphatic carbocycles. The van der Waals surface area contributed by atoms with Crippen molar-refractivity contribution in [1.29, 1.82) is 0 Å². The second-order valence-corrected chi connectivity index (χ2v) is 10.3. The van der Waals surface area contributed by atoms with Crippen molar-refractivity contribution in [3.8, 4) is 0 Å². The molecule has 34 heavy (non-hydrogen) atoms. The first-order chi connectivity index (χ1) is 16.3. The molecule has 0 saturated carbocycles. The quantitative estimate of drug-likeness (QED) is 0.599. The maximum Gasteiger partial charge on any atom is 0.291 e. The fourth-order valence-corrected chi connectivity index (χ4v) is 5.33. The number of hydrogen-bond acceptors (Lipinski definition) is 5. The number of nitrogens with zero attached hydrogens (tertiary/aromatic N) is 2. The number of carbonyl (C=O) groups excluding carboxylic acids is 2. The molecule has 4 rings (SSSR count). The highest BCUT2D eigenvalue weighted by Gasteiger charge is 2.28. The van der Waals surface area contributed by atoms with Gasteiger partial charge in [-0.1, -0.05) is 23.8 Å². The summed E-state index contributed by atoms with van der Waals surface area (Å²) in [4.78, 5) is 27.5. The van der Waals surface area contributed by atoms with Gasteiger partial charge in [0.15, 0.2) is 5.76 Å². The minimum Gasteiger partial charge on any atom is -0.459 e. The molecular formula is C25H27N3O5S. The van der Waals surface area contributed by atoms with Crippen molar-refractivity contribution in [3.05, 3.63) is 83.3 Å². The highest BCUT2D eigenvalue weighted by molar-refractivity contribution is 7.89. The Hall–Kier alpha value is -3.43. The normalized spacial score (nSPS) is 15.1. The highest BCUT2D eigenvalue weighted by Crippen LogP contribution is 2.22. The lowest BCUT2D eigenvalue weighted by molar-refractivity contribution is 0.0764. The molecular weight excluding hydrogens is 454 g/mol. The van der Waals surface area contributed by atoms with Gasteiger partial charge in [0.05, 0.1) is 11.2 Å². The fraction of sp³-hybridized carbons (Fsp3) is 0.280. The van der Waals surface area contributed by atoms with Gasteiger partial charge in [0, 0.05) is 37.4 Å². The van der Waals surface area contributed by atoms with E-state index in [-0.39, 0.29) is 29.7 Å². The van der Waals surface area contributed by atoms with Crippen LogP contribution in [0, 0.1) is 13.8 Å². The van der Waals surface area contributed by atoms with Gasteiger partial charge in [-0.15, -0.1) is 0 Å². The predicted octanol–water partition coefficient (Wildman–Crippen LogP) is 3.69. The lowest BCUT2D eigenvalue weighted by Gasteiger charge is -2.22. The van der Waals surface area contributed by atoms with Crippen LogP contribution in [-0.4, -0.2) is 55.6 Å². The number of carbonyl (C=O) groups is 2. The molecule has 2 amide bonds. The van der Waals surface area contributed by atoms with E-state index in [9.17, 15) is 18.0 Å². The van der Waals surface area contributed by atoms with E-state index in [0.717, 1.165) is 11.1 Å². The summed E-state index contributed by atoms with van der Waals surface area (Å²) in [5, 5.41) is 2.78. The molecule has 0 spiro atoms. The molecule has 9 heteroatoms. The first-order valence-corrected chi connectivity index (χ1v) is 12.5. The number of aryl methyl sites for hydroxylation is 2. The average Bonchev–Trinajstić information content (AvgIpc) is 3.24. The van der Waals surface area contributed by atoms with Crippen molar-refractivity contribution in [1.82, 2.24) is 9.21 Å². The van der Waals surface area contributed by atoms with E-state index in [2.05, 4.69) is 5.32 Å². The van der Waals surface area contributed by atoms with Crippen LogP contribution in [0.2, 0.25) is 0 Å². The molecule has 2 aromatic carbocycles. The second-order valence-electron chi connectivity index (χ2n) is 8.32. The summed E-state index contributed by atoms with van der Waals surface area (Å²) in [5.41, 5.74) is 2.74. The van der Waals surface area contributed by atoms with E-state index in [0.29, 0.717) is 30.8 Å². The molecule has 0 radical (unpaired) electrons. The molecule has 8 nitrogen and oxygen atoms in total. The van der Waals surface area contributed by atoms with E-state index in [1.807, 2.05) is 13.8 Å². The Morgan fingerprint density at radius 2 is 1.71 bits per heavy atom. The molecule has 178 valence electrons. The summed E-state index contributed by atoms with van der Waals surface area (Å²) in [6.07, 6.45) is 1.95. The standard InChI is InChI=1S/C25H27N3O5S/c1-18-6-10-21(11-7-18)34(31,32)28-13-4-12-27(14-15-28)25(30)20-9-8-19(2)22(17-20)26-24(29)23-5-3-16-33-23/h3,5-11,16-17H,4,12-15H2,1-2H3,(H,26,29). The van der Waals surface area contributed by atoms with Gasteiger partial charge >= 0.3 is 0 Å².